The first-order valence-electron chi connectivity index (χ1n) is 11.6. The summed E-state index contributed by atoms with van der Waals surface area (Å²) >= 11 is 0. The maximum absolute atomic E-state index is 12.9. The van der Waals surface area contributed by atoms with Gasteiger partial charge in [0, 0.05) is 49.8 Å². The minimum absolute atomic E-state index is 0.256. The third-order valence-electron chi connectivity index (χ3n) is 6.59. The van der Waals surface area contributed by atoms with Crippen LogP contribution in [0.5, 0.6) is 0 Å². The standard InChI is InChI=1S/C25H34N4O/c1-3-23-22(18-20-10-6-4-7-11-20)24(27-19(2)26-23)28-14-16-29(17-15-28)25(30)21-12-8-5-9-13-21/h4,6-7,10-11,21H,3,5,8-9,12-18H2,1-2H3. The Balaban J connectivity index is 1.51. The lowest BCUT2D eigenvalue weighted by Crippen LogP contribution is -2.51. The van der Waals surface area contributed by atoms with Crippen LogP contribution >= 0.6 is 0 Å². The summed E-state index contributed by atoms with van der Waals surface area (Å²) in [5.74, 6) is 2.53. The third kappa shape index (κ3) is 4.66. The van der Waals surface area contributed by atoms with Crippen molar-refractivity contribution in [3.8, 4) is 0 Å². The van der Waals surface area contributed by atoms with Crippen LogP contribution in [-0.4, -0.2) is 47.0 Å². The van der Waals surface area contributed by atoms with Gasteiger partial charge in [-0.2, -0.15) is 0 Å². The molecule has 2 fully saturated rings. The number of carbonyl (C=O) groups excluding carboxylic acids is 1. The molecule has 0 radical (unpaired) electrons. The number of piperazine rings is 1. The smallest absolute Gasteiger partial charge is 0.225 e. The maximum Gasteiger partial charge on any atom is 0.225 e. The highest BCUT2D eigenvalue weighted by atomic mass is 16.2. The van der Waals surface area contributed by atoms with E-state index in [4.69, 9.17) is 9.97 Å². The van der Waals surface area contributed by atoms with Crippen LogP contribution in [0.3, 0.4) is 0 Å². The van der Waals surface area contributed by atoms with Gasteiger partial charge in [-0.05, 0) is 31.7 Å². The van der Waals surface area contributed by atoms with Gasteiger partial charge in [-0.15, -0.1) is 0 Å². The summed E-state index contributed by atoms with van der Waals surface area (Å²) in [7, 11) is 0. The number of hydrogen-bond donors (Lipinski definition) is 0. The molecule has 30 heavy (non-hydrogen) atoms. The van der Waals surface area contributed by atoms with Gasteiger partial charge in [-0.1, -0.05) is 56.5 Å². The van der Waals surface area contributed by atoms with E-state index in [0.29, 0.717) is 5.91 Å². The van der Waals surface area contributed by atoms with Gasteiger partial charge in [0.1, 0.15) is 11.6 Å². The molecule has 160 valence electrons. The zero-order chi connectivity index (χ0) is 20.9. The Morgan fingerprint density at radius 2 is 1.70 bits per heavy atom. The van der Waals surface area contributed by atoms with Gasteiger partial charge in [0.15, 0.2) is 0 Å². The van der Waals surface area contributed by atoms with Gasteiger partial charge < -0.3 is 9.80 Å². The van der Waals surface area contributed by atoms with E-state index >= 15 is 0 Å². The first-order chi connectivity index (χ1) is 14.7. The van der Waals surface area contributed by atoms with Gasteiger partial charge in [0.05, 0.1) is 0 Å². The van der Waals surface area contributed by atoms with Crippen LogP contribution in [0.15, 0.2) is 30.3 Å². The number of anilines is 1. The molecule has 0 unspecified atom stereocenters. The highest BCUT2D eigenvalue weighted by molar-refractivity contribution is 5.79. The van der Waals surface area contributed by atoms with E-state index < -0.39 is 0 Å². The van der Waals surface area contributed by atoms with Crippen molar-refractivity contribution in [3.63, 3.8) is 0 Å². The topological polar surface area (TPSA) is 49.3 Å². The molecular weight excluding hydrogens is 372 g/mol. The van der Waals surface area contributed by atoms with E-state index in [1.54, 1.807) is 0 Å². The van der Waals surface area contributed by atoms with Gasteiger partial charge in [-0.25, -0.2) is 9.97 Å². The fourth-order valence-corrected chi connectivity index (χ4v) is 4.92. The average molecular weight is 407 g/mol. The van der Waals surface area contributed by atoms with Gasteiger partial charge >= 0.3 is 0 Å². The van der Waals surface area contributed by atoms with Crippen LogP contribution < -0.4 is 4.90 Å². The van der Waals surface area contributed by atoms with E-state index in [1.807, 2.05) is 6.92 Å². The Hall–Kier alpha value is -2.43. The van der Waals surface area contributed by atoms with Gasteiger partial charge in [0.25, 0.3) is 0 Å². The zero-order valence-corrected chi connectivity index (χ0v) is 18.4. The predicted octanol–water partition coefficient (Wildman–Crippen LogP) is 4.17. The molecule has 0 spiro atoms. The SMILES string of the molecule is CCc1nc(C)nc(N2CCN(C(=O)C3CCCCC3)CC2)c1Cc1ccccc1. The number of amides is 1. The molecule has 5 heteroatoms. The molecule has 2 aromatic rings. The lowest BCUT2D eigenvalue weighted by Gasteiger charge is -2.38. The lowest BCUT2D eigenvalue weighted by atomic mass is 9.88. The molecule has 1 saturated carbocycles. The molecule has 2 aliphatic rings. The summed E-state index contributed by atoms with van der Waals surface area (Å²) in [6.45, 7) is 7.44. The van der Waals surface area contributed by atoms with E-state index in [0.717, 1.165) is 69.2 Å². The lowest BCUT2D eigenvalue weighted by molar-refractivity contribution is -0.136. The Morgan fingerprint density at radius 1 is 1.00 bits per heavy atom. The highest BCUT2D eigenvalue weighted by Gasteiger charge is 2.29. The van der Waals surface area contributed by atoms with Crippen molar-refractivity contribution in [2.24, 2.45) is 5.92 Å². The minimum Gasteiger partial charge on any atom is -0.353 e. The van der Waals surface area contributed by atoms with E-state index in [2.05, 4.69) is 47.1 Å². The Kier molecular flexibility index (Phi) is 6.66. The van der Waals surface area contributed by atoms with Crippen molar-refractivity contribution < 1.29 is 4.79 Å². The van der Waals surface area contributed by atoms with Crippen molar-refractivity contribution in [3.05, 3.63) is 53.0 Å². The molecule has 2 heterocycles. The maximum atomic E-state index is 12.9. The monoisotopic (exact) mass is 406 g/mol. The number of aromatic nitrogens is 2. The van der Waals surface area contributed by atoms with Crippen molar-refractivity contribution in [1.29, 1.82) is 0 Å². The second-order valence-corrected chi connectivity index (χ2v) is 8.68. The molecule has 5 nitrogen and oxygen atoms in total. The predicted molar refractivity (Wildman–Crippen MR) is 121 cm³/mol. The normalized spacial score (nSPS) is 17.9. The van der Waals surface area contributed by atoms with Crippen LogP contribution in [-0.2, 0) is 17.6 Å². The van der Waals surface area contributed by atoms with Crippen molar-refractivity contribution in [1.82, 2.24) is 14.9 Å². The summed E-state index contributed by atoms with van der Waals surface area (Å²) in [5, 5.41) is 0. The van der Waals surface area contributed by atoms with Crippen molar-refractivity contribution in [2.45, 2.75) is 58.8 Å². The zero-order valence-electron chi connectivity index (χ0n) is 18.4. The van der Waals surface area contributed by atoms with Gasteiger partial charge in [0.2, 0.25) is 5.91 Å². The van der Waals surface area contributed by atoms with Crippen LogP contribution in [0.2, 0.25) is 0 Å². The molecule has 0 N–H and O–H groups in total. The summed E-state index contributed by atoms with van der Waals surface area (Å²) < 4.78 is 0. The summed E-state index contributed by atoms with van der Waals surface area (Å²) in [6.07, 6.45) is 7.60. The average Bonchev–Trinajstić information content (AvgIpc) is 2.81. The number of nitrogens with zero attached hydrogens (tertiary/aromatic N) is 4. The fourth-order valence-electron chi connectivity index (χ4n) is 4.92. The number of aryl methyl sites for hydroxylation is 2. The summed E-state index contributed by atoms with van der Waals surface area (Å²) in [6, 6.07) is 10.6. The second kappa shape index (κ2) is 9.59. The molecule has 1 aliphatic carbocycles. The Morgan fingerprint density at radius 3 is 2.37 bits per heavy atom. The summed E-state index contributed by atoms with van der Waals surface area (Å²) in [4.78, 5) is 27.0. The molecule has 1 aromatic carbocycles. The minimum atomic E-state index is 0.256. The number of hydrogen-bond acceptors (Lipinski definition) is 4. The number of benzene rings is 1. The largest absolute Gasteiger partial charge is 0.353 e. The first-order valence-corrected chi connectivity index (χ1v) is 11.6. The van der Waals surface area contributed by atoms with Gasteiger partial charge in [-0.3, -0.25) is 4.79 Å². The van der Waals surface area contributed by atoms with Crippen molar-refractivity contribution >= 4 is 11.7 Å². The molecule has 1 saturated heterocycles. The van der Waals surface area contributed by atoms with Crippen molar-refractivity contribution in [2.75, 3.05) is 31.1 Å². The van der Waals surface area contributed by atoms with Crippen LogP contribution in [0.4, 0.5) is 5.82 Å². The first kappa shape index (κ1) is 20.8. The van der Waals surface area contributed by atoms with Crippen LogP contribution in [0, 0.1) is 12.8 Å². The van der Waals surface area contributed by atoms with E-state index in [-0.39, 0.29) is 5.92 Å². The molecule has 1 amide bonds. The summed E-state index contributed by atoms with van der Waals surface area (Å²) in [5.41, 5.74) is 3.66. The Bertz CT molecular complexity index is 853. The van der Waals surface area contributed by atoms with Crippen LogP contribution in [0.25, 0.3) is 0 Å². The molecular formula is C25H34N4O. The molecule has 4 rings (SSSR count). The molecule has 0 bridgehead atoms. The fraction of sp³-hybridized carbons (Fsp3) is 0.560. The van der Waals surface area contributed by atoms with E-state index in [9.17, 15) is 4.79 Å². The molecule has 0 atom stereocenters. The molecule has 1 aromatic heterocycles. The third-order valence-corrected chi connectivity index (χ3v) is 6.59. The second-order valence-electron chi connectivity index (χ2n) is 8.68. The quantitative estimate of drug-likeness (QED) is 0.748. The number of rotatable bonds is 5. The Labute approximate surface area is 180 Å². The molecule has 1 aliphatic heterocycles. The number of carbonyl (C=O) groups is 1. The van der Waals surface area contributed by atoms with Crippen LogP contribution in [0.1, 0.15) is 61.7 Å². The van der Waals surface area contributed by atoms with E-state index in [1.165, 1.54) is 30.4 Å². The highest BCUT2D eigenvalue weighted by Crippen LogP contribution is 2.28.